The molecule has 1 aromatic carbocycles. The number of fused-ring (bicyclic) bond motifs is 1. The summed E-state index contributed by atoms with van der Waals surface area (Å²) in [7, 11) is 0. The summed E-state index contributed by atoms with van der Waals surface area (Å²) in [5, 5.41) is 9.59. The molecule has 0 saturated carbocycles. The zero-order valence-corrected chi connectivity index (χ0v) is 15.3. The van der Waals surface area contributed by atoms with Gasteiger partial charge >= 0.3 is 0 Å². The highest BCUT2D eigenvalue weighted by Crippen LogP contribution is 2.25. The predicted molar refractivity (Wildman–Crippen MR) is 97.6 cm³/mol. The molecule has 134 valence electrons. The van der Waals surface area contributed by atoms with Gasteiger partial charge in [-0.1, -0.05) is 34.6 Å². The summed E-state index contributed by atoms with van der Waals surface area (Å²) in [6.45, 7) is 2.43. The molecule has 2 aromatic heterocycles. The normalized spacial score (nSPS) is 14.7. The number of ether oxygens (including phenoxy) is 1. The summed E-state index contributed by atoms with van der Waals surface area (Å²) in [5.74, 6) is 0.350. The highest BCUT2D eigenvalue weighted by molar-refractivity contribution is 8.00. The van der Waals surface area contributed by atoms with Gasteiger partial charge in [0.1, 0.15) is 11.4 Å². The molecule has 0 spiro atoms. The first-order valence-electron chi connectivity index (χ1n) is 8.03. The van der Waals surface area contributed by atoms with Crippen LogP contribution in [0.2, 0.25) is 5.02 Å². The second-order valence-electron chi connectivity index (χ2n) is 5.61. The van der Waals surface area contributed by atoms with Crippen LogP contribution in [0.15, 0.2) is 35.6 Å². The largest absolute Gasteiger partial charge is 0.378 e. The molecule has 0 bridgehead atoms. The molecular weight excluding hydrogens is 376 g/mol. The summed E-state index contributed by atoms with van der Waals surface area (Å²) in [6.07, 6.45) is 1.45. The summed E-state index contributed by atoms with van der Waals surface area (Å²) in [6, 6.07) is 7.28. The summed E-state index contributed by atoms with van der Waals surface area (Å²) in [4.78, 5) is 22.7. The van der Waals surface area contributed by atoms with E-state index in [1.165, 1.54) is 18.1 Å². The lowest BCUT2D eigenvalue weighted by molar-refractivity contribution is -0.132. The van der Waals surface area contributed by atoms with E-state index in [-0.39, 0.29) is 11.7 Å². The first kappa shape index (κ1) is 17.2. The third kappa shape index (κ3) is 3.50. The van der Waals surface area contributed by atoms with E-state index in [2.05, 4.69) is 20.3 Å². The number of carbonyl (C=O) groups excluding carboxylic acids is 1. The van der Waals surface area contributed by atoms with Crippen molar-refractivity contribution in [1.29, 1.82) is 0 Å². The molecule has 3 heterocycles. The van der Waals surface area contributed by atoms with E-state index in [0.29, 0.717) is 47.5 Å². The van der Waals surface area contributed by atoms with Gasteiger partial charge in [0.2, 0.25) is 5.91 Å². The molecule has 0 N–H and O–H groups in total. The molecule has 1 amide bonds. The average Bonchev–Trinajstić information content (AvgIpc) is 3.11. The summed E-state index contributed by atoms with van der Waals surface area (Å²) >= 11 is 7.39. The molecule has 0 atom stereocenters. The van der Waals surface area contributed by atoms with Gasteiger partial charge < -0.3 is 9.64 Å². The Morgan fingerprint density at radius 1 is 1.27 bits per heavy atom. The molecule has 4 rings (SSSR count). The third-order valence-corrected chi connectivity index (χ3v) is 5.15. The summed E-state index contributed by atoms with van der Waals surface area (Å²) in [5.41, 5.74) is 1.90. The Labute approximate surface area is 158 Å². The minimum Gasteiger partial charge on any atom is -0.378 e. The predicted octanol–water partition coefficient (Wildman–Crippen LogP) is 1.81. The van der Waals surface area contributed by atoms with Crippen molar-refractivity contribution in [2.24, 2.45) is 0 Å². The minimum absolute atomic E-state index is 0.0623. The number of hydrogen-bond donors (Lipinski definition) is 0. The molecular formula is C16H15ClN6O2S. The lowest BCUT2D eigenvalue weighted by atomic mass is 10.3. The Morgan fingerprint density at radius 2 is 2.12 bits per heavy atom. The smallest absolute Gasteiger partial charge is 0.233 e. The first-order chi connectivity index (χ1) is 12.7. The van der Waals surface area contributed by atoms with Crippen molar-refractivity contribution in [3.05, 3.63) is 35.6 Å². The number of amides is 1. The van der Waals surface area contributed by atoms with Gasteiger partial charge in [0.15, 0.2) is 11.2 Å². The number of nitrogens with zero attached hydrogens (tertiary/aromatic N) is 6. The van der Waals surface area contributed by atoms with Gasteiger partial charge in [-0.25, -0.2) is 9.97 Å². The molecule has 0 aliphatic carbocycles. The van der Waals surface area contributed by atoms with Crippen LogP contribution in [0.3, 0.4) is 0 Å². The standard InChI is InChI=1S/C16H15ClN6O2S/c17-11-2-1-3-12(8-11)23-15-14(20-21-23)16(19-10-18-15)26-9-13(24)22-4-6-25-7-5-22/h1-3,8,10H,4-7,9H2. The first-order valence-corrected chi connectivity index (χ1v) is 9.39. The fourth-order valence-electron chi connectivity index (χ4n) is 2.65. The quantitative estimate of drug-likeness (QED) is 0.496. The van der Waals surface area contributed by atoms with Gasteiger partial charge in [-0.2, -0.15) is 4.68 Å². The monoisotopic (exact) mass is 390 g/mol. The van der Waals surface area contributed by atoms with E-state index < -0.39 is 0 Å². The van der Waals surface area contributed by atoms with E-state index in [1.807, 2.05) is 12.1 Å². The Bertz CT molecular complexity index is 943. The number of hydrogen-bond acceptors (Lipinski definition) is 7. The molecule has 0 radical (unpaired) electrons. The van der Waals surface area contributed by atoms with Gasteiger partial charge in [0.05, 0.1) is 24.7 Å². The molecule has 1 fully saturated rings. The number of benzene rings is 1. The number of halogens is 1. The maximum absolute atomic E-state index is 12.3. The van der Waals surface area contributed by atoms with Crippen LogP contribution in [-0.4, -0.2) is 67.8 Å². The average molecular weight is 391 g/mol. The molecule has 0 unspecified atom stereocenters. The van der Waals surface area contributed by atoms with Crippen LogP contribution < -0.4 is 0 Å². The Balaban J connectivity index is 1.56. The minimum atomic E-state index is 0.0623. The maximum atomic E-state index is 12.3. The number of carbonyl (C=O) groups is 1. The molecule has 1 saturated heterocycles. The Morgan fingerprint density at radius 3 is 2.92 bits per heavy atom. The lowest BCUT2D eigenvalue weighted by Crippen LogP contribution is -2.41. The highest BCUT2D eigenvalue weighted by atomic mass is 35.5. The van der Waals surface area contributed by atoms with Crippen LogP contribution in [0.25, 0.3) is 16.9 Å². The lowest BCUT2D eigenvalue weighted by Gasteiger charge is -2.26. The van der Waals surface area contributed by atoms with E-state index in [0.717, 1.165) is 5.69 Å². The van der Waals surface area contributed by atoms with E-state index in [1.54, 1.807) is 21.7 Å². The number of morpholine rings is 1. The molecule has 1 aliphatic heterocycles. The maximum Gasteiger partial charge on any atom is 0.233 e. The topological polar surface area (TPSA) is 86.0 Å². The van der Waals surface area contributed by atoms with Crippen LogP contribution in [0.1, 0.15) is 0 Å². The zero-order valence-electron chi connectivity index (χ0n) is 13.7. The van der Waals surface area contributed by atoms with Gasteiger partial charge in [-0.3, -0.25) is 4.79 Å². The van der Waals surface area contributed by atoms with Crippen molar-refractivity contribution in [2.45, 2.75) is 5.03 Å². The number of rotatable bonds is 4. The fraction of sp³-hybridized carbons (Fsp3) is 0.312. The zero-order chi connectivity index (χ0) is 17.9. The SMILES string of the molecule is O=C(CSc1ncnc2c1nnn2-c1cccc(Cl)c1)N1CCOCC1. The molecule has 26 heavy (non-hydrogen) atoms. The molecule has 3 aromatic rings. The van der Waals surface area contributed by atoms with Gasteiger partial charge in [-0.05, 0) is 18.2 Å². The van der Waals surface area contributed by atoms with Crippen molar-refractivity contribution in [1.82, 2.24) is 29.9 Å². The van der Waals surface area contributed by atoms with E-state index in [9.17, 15) is 4.79 Å². The molecule has 1 aliphatic rings. The number of thioether (sulfide) groups is 1. The number of aromatic nitrogens is 5. The molecule has 10 heteroatoms. The highest BCUT2D eigenvalue weighted by Gasteiger charge is 2.19. The van der Waals surface area contributed by atoms with E-state index >= 15 is 0 Å². The van der Waals surface area contributed by atoms with E-state index in [4.69, 9.17) is 16.3 Å². The van der Waals surface area contributed by atoms with Crippen LogP contribution >= 0.6 is 23.4 Å². The van der Waals surface area contributed by atoms with Crippen molar-refractivity contribution in [3.63, 3.8) is 0 Å². The van der Waals surface area contributed by atoms with Crippen LogP contribution in [0.5, 0.6) is 0 Å². The second kappa shape index (κ2) is 7.56. The van der Waals surface area contributed by atoms with Crippen molar-refractivity contribution >= 4 is 40.4 Å². The van der Waals surface area contributed by atoms with Crippen molar-refractivity contribution in [2.75, 3.05) is 32.1 Å². The van der Waals surface area contributed by atoms with Gasteiger partial charge in [0.25, 0.3) is 0 Å². The van der Waals surface area contributed by atoms with Crippen molar-refractivity contribution in [3.8, 4) is 5.69 Å². The third-order valence-electron chi connectivity index (χ3n) is 3.95. The second-order valence-corrected chi connectivity index (χ2v) is 7.01. The van der Waals surface area contributed by atoms with Gasteiger partial charge in [0, 0.05) is 18.1 Å². The van der Waals surface area contributed by atoms with Gasteiger partial charge in [-0.15, -0.1) is 5.10 Å². The van der Waals surface area contributed by atoms with Crippen LogP contribution in [0, 0.1) is 0 Å². The van der Waals surface area contributed by atoms with Crippen molar-refractivity contribution < 1.29 is 9.53 Å². The van der Waals surface area contributed by atoms with Crippen LogP contribution in [-0.2, 0) is 9.53 Å². The Hall–Kier alpha value is -2.23. The fourth-order valence-corrected chi connectivity index (χ4v) is 3.67. The summed E-state index contributed by atoms with van der Waals surface area (Å²) < 4.78 is 6.88. The molecule has 8 nitrogen and oxygen atoms in total. The van der Waals surface area contributed by atoms with Crippen LogP contribution in [0.4, 0.5) is 0 Å². The Kier molecular flexibility index (Phi) is 5.00.